The highest BCUT2D eigenvalue weighted by Gasteiger charge is 2.21. The maximum absolute atomic E-state index is 12.4. The molecule has 0 atom stereocenters. The highest BCUT2D eigenvalue weighted by molar-refractivity contribution is 7.89. The molecular formula is C17H20N2O4S. The summed E-state index contributed by atoms with van der Waals surface area (Å²) in [4.78, 5) is 12.3. The summed E-state index contributed by atoms with van der Waals surface area (Å²) in [5.41, 5.74) is 0.864. The van der Waals surface area contributed by atoms with Crippen molar-refractivity contribution in [2.24, 2.45) is 0 Å². The number of nitrogens with one attached hydrogen (secondary N) is 2. The maximum Gasteiger partial charge on any atom is 0.255 e. The number of hydrogen-bond acceptors (Lipinski definition) is 4. The normalized spacial score (nSPS) is 11.1. The van der Waals surface area contributed by atoms with Crippen LogP contribution in [0.2, 0.25) is 0 Å². The Labute approximate surface area is 141 Å². The van der Waals surface area contributed by atoms with Gasteiger partial charge in [-0.05, 0) is 36.8 Å². The van der Waals surface area contributed by atoms with E-state index in [4.69, 9.17) is 4.74 Å². The summed E-state index contributed by atoms with van der Waals surface area (Å²) in [5, 5.41) is 2.72. The van der Waals surface area contributed by atoms with Crippen molar-refractivity contribution in [2.45, 2.75) is 18.2 Å². The van der Waals surface area contributed by atoms with Crippen LogP contribution in [0.4, 0.5) is 5.69 Å². The van der Waals surface area contributed by atoms with E-state index in [1.807, 2.05) is 13.0 Å². The van der Waals surface area contributed by atoms with Crippen LogP contribution in [0.3, 0.4) is 0 Å². The summed E-state index contributed by atoms with van der Waals surface area (Å²) in [7, 11) is -2.36. The topological polar surface area (TPSA) is 84.5 Å². The van der Waals surface area contributed by atoms with Crippen LogP contribution in [0.15, 0.2) is 53.4 Å². The minimum Gasteiger partial charge on any atom is -0.495 e. The van der Waals surface area contributed by atoms with Crippen molar-refractivity contribution >= 4 is 21.6 Å². The molecule has 0 aliphatic rings. The van der Waals surface area contributed by atoms with Crippen LogP contribution in [0.1, 0.15) is 23.7 Å². The van der Waals surface area contributed by atoms with Gasteiger partial charge in [-0.1, -0.05) is 25.1 Å². The molecule has 0 radical (unpaired) electrons. The van der Waals surface area contributed by atoms with E-state index >= 15 is 0 Å². The third-order valence-electron chi connectivity index (χ3n) is 3.29. The Balaban J connectivity index is 2.32. The molecule has 0 saturated carbocycles. The zero-order chi connectivity index (χ0) is 17.6. The lowest BCUT2D eigenvalue weighted by atomic mass is 10.2. The molecule has 2 N–H and O–H groups in total. The lowest BCUT2D eigenvalue weighted by molar-refractivity contribution is 0.102. The first kappa shape index (κ1) is 18.0. The van der Waals surface area contributed by atoms with Gasteiger partial charge in [0, 0.05) is 17.8 Å². The van der Waals surface area contributed by atoms with Crippen molar-refractivity contribution in [1.29, 1.82) is 0 Å². The number of hydrogen-bond donors (Lipinski definition) is 2. The summed E-state index contributed by atoms with van der Waals surface area (Å²) in [5.74, 6) is -0.203. The standard InChI is InChI=1S/C17H20N2O4S/c1-3-11-18-24(21,22)16-12-13(9-10-15(16)23-2)17(20)19-14-7-5-4-6-8-14/h4-10,12,18H,3,11H2,1-2H3,(H,19,20). The van der Waals surface area contributed by atoms with Crippen LogP contribution in [0.25, 0.3) is 0 Å². The van der Waals surface area contributed by atoms with Crippen LogP contribution in [-0.4, -0.2) is 28.0 Å². The van der Waals surface area contributed by atoms with Gasteiger partial charge < -0.3 is 10.1 Å². The van der Waals surface area contributed by atoms with Gasteiger partial charge in [-0.2, -0.15) is 0 Å². The third kappa shape index (κ3) is 4.33. The Hall–Kier alpha value is -2.38. The molecule has 0 fully saturated rings. The smallest absolute Gasteiger partial charge is 0.255 e. The van der Waals surface area contributed by atoms with Gasteiger partial charge in [0.1, 0.15) is 10.6 Å². The van der Waals surface area contributed by atoms with E-state index < -0.39 is 15.9 Å². The number of rotatable bonds is 7. The Morgan fingerprint density at radius 2 is 1.83 bits per heavy atom. The quantitative estimate of drug-likeness (QED) is 0.805. The first-order chi connectivity index (χ1) is 11.5. The molecule has 0 aliphatic heterocycles. The van der Waals surface area contributed by atoms with Crippen LogP contribution in [0, 0.1) is 0 Å². The summed E-state index contributed by atoms with van der Waals surface area (Å²) >= 11 is 0. The summed E-state index contributed by atoms with van der Waals surface area (Å²) in [6.45, 7) is 2.18. The highest BCUT2D eigenvalue weighted by atomic mass is 32.2. The SMILES string of the molecule is CCCNS(=O)(=O)c1cc(C(=O)Nc2ccccc2)ccc1OC. The molecule has 2 aromatic rings. The monoisotopic (exact) mass is 348 g/mol. The minimum absolute atomic E-state index is 0.0563. The number of para-hydroxylation sites is 1. The fourth-order valence-corrected chi connectivity index (χ4v) is 3.39. The molecule has 0 spiro atoms. The van der Waals surface area contributed by atoms with E-state index in [2.05, 4.69) is 10.0 Å². The Morgan fingerprint density at radius 1 is 1.12 bits per heavy atom. The van der Waals surface area contributed by atoms with Crippen molar-refractivity contribution in [1.82, 2.24) is 4.72 Å². The molecule has 7 heteroatoms. The first-order valence-electron chi connectivity index (χ1n) is 7.52. The minimum atomic E-state index is -3.75. The second kappa shape index (κ2) is 7.94. The van der Waals surface area contributed by atoms with E-state index in [0.717, 1.165) is 0 Å². The molecule has 0 aliphatic carbocycles. The van der Waals surface area contributed by atoms with E-state index in [0.29, 0.717) is 18.7 Å². The maximum atomic E-state index is 12.4. The summed E-state index contributed by atoms with van der Waals surface area (Å²) in [6.07, 6.45) is 0.662. The van der Waals surface area contributed by atoms with Crippen molar-refractivity contribution in [3.05, 3.63) is 54.1 Å². The zero-order valence-corrected chi connectivity index (χ0v) is 14.4. The molecule has 24 heavy (non-hydrogen) atoms. The molecule has 1 amide bonds. The number of amides is 1. The summed E-state index contributed by atoms with van der Waals surface area (Å²) < 4.78 is 32.4. The molecule has 0 aromatic heterocycles. The number of anilines is 1. The van der Waals surface area contributed by atoms with Crippen LogP contribution in [-0.2, 0) is 10.0 Å². The van der Waals surface area contributed by atoms with Crippen molar-refractivity contribution < 1.29 is 17.9 Å². The van der Waals surface area contributed by atoms with Crippen LogP contribution >= 0.6 is 0 Å². The predicted molar refractivity (Wildman–Crippen MR) is 92.9 cm³/mol. The van der Waals surface area contributed by atoms with Gasteiger partial charge in [0.2, 0.25) is 10.0 Å². The zero-order valence-electron chi connectivity index (χ0n) is 13.6. The molecule has 0 unspecified atom stereocenters. The number of carbonyl (C=O) groups excluding carboxylic acids is 1. The molecule has 2 rings (SSSR count). The molecule has 0 heterocycles. The number of methoxy groups -OCH3 is 1. The van der Waals surface area contributed by atoms with Crippen molar-refractivity contribution in [3.8, 4) is 5.75 Å². The van der Waals surface area contributed by atoms with E-state index in [1.54, 1.807) is 24.3 Å². The van der Waals surface area contributed by atoms with Gasteiger partial charge in [0.05, 0.1) is 7.11 Å². The van der Waals surface area contributed by atoms with Gasteiger partial charge in [0.15, 0.2) is 0 Å². The van der Waals surface area contributed by atoms with Crippen LogP contribution in [0.5, 0.6) is 5.75 Å². The van der Waals surface area contributed by atoms with Gasteiger partial charge in [0.25, 0.3) is 5.91 Å². The number of sulfonamides is 1. The van der Waals surface area contributed by atoms with Crippen LogP contribution < -0.4 is 14.8 Å². The fourth-order valence-electron chi connectivity index (χ4n) is 2.07. The second-order valence-corrected chi connectivity index (χ2v) is 6.82. The Bertz CT molecular complexity index is 805. The number of ether oxygens (including phenoxy) is 1. The number of carbonyl (C=O) groups is 1. The Morgan fingerprint density at radius 3 is 2.46 bits per heavy atom. The predicted octanol–water partition coefficient (Wildman–Crippen LogP) is 2.64. The average molecular weight is 348 g/mol. The Kier molecular flexibility index (Phi) is 5.94. The van der Waals surface area contributed by atoms with E-state index in [1.165, 1.54) is 25.3 Å². The van der Waals surface area contributed by atoms with Crippen molar-refractivity contribution in [3.63, 3.8) is 0 Å². The lowest BCUT2D eigenvalue weighted by Crippen LogP contribution is -2.25. The highest BCUT2D eigenvalue weighted by Crippen LogP contribution is 2.25. The first-order valence-corrected chi connectivity index (χ1v) is 9.00. The fraction of sp³-hybridized carbons (Fsp3) is 0.235. The van der Waals surface area contributed by atoms with E-state index in [9.17, 15) is 13.2 Å². The summed E-state index contributed by atoms with van der Waals surface area (Å²) in [6, 6.07) is 13.3. The third-order valence-corrected chi connectivity index (χ3v) is 4.77. The van der Waals surface area contributed by atoms with E-state index in [-0.39, 0.29) is 16.2 Å². The largest absolute Gasteiger partial charge is 0.495 e. The number of benzene rings is 2. The molecule has 128 valence electrons. The molecule has 2 aromatic carbocycles. The van der Waals surface area contributed by atoms with Gasteiger partial charge in [-0.15, -0.1) is 0 Å². The second-order valence-electron chi connectivity index (χ2n) is 5.08. The van der Waals surface area contributed by atoms with Gasteiger partial charge in [-0.3, -0.25) is 4.79 Å². The lowest BCUT2D eigenvalue weighted by Gasteiger charge is -2.12. The van der Waals surface area contributed by atoms with Gasteiger partial charge in [-0.25, -0.2) is 13.1 Å². The average Bonchev–Trinajstić information content (AvgIpc) is 2.60. The molecule has 6 nitrogen and oxygen atoms in total. The molecule has 0 bridgehead atoms. The molecule has 0 saturated heterocycles. The molecular weight excluding hydrogens is 328 g/mol. The van der Waals surface area contributed by atoms with Crippen molar-refractivity contribution in [2.75, 3.05) is 19.0 Å². The van der Waals surface area contributed by atoms with Gasteiger partial charge >= 0.3 is 0 Å².